The van der Waals surface area contributed by atoms with Gasteiger partial charge in [-0.2, -0.15) is 0 Å². The molecule has 1 rings (SSSR count). The van der Waals surface area contributed by atoms with Crippen LogP contribution in [0.5, 0.6) is 0 Å². The van der Waals surface area contributed by atoms with Gasteiger partial charge in [-0.15, -0.1) is 0 Å². The van der Waals surface area contributed by atoms with Gasteiger partial charge in [0.15, 0.2) is 0 Å². The molecule has 1 saturated heterocycles. The van der Waals surface area contributed by atoms with E-state index in [0.29, 0.717) is 13.2 Å². The molecule has 0 aromatic heterocycles. The van der Waals surface area contributed by atoms with Crippen molar-refractivity contribution in [3.63, 3.8) is 0 Å². The van der Waals surface area contributed by atoms with Crippen molar-refractivity contribution in [2.45, 2.75) is 31.7 Å². The molecule has 1 unspecified atom stereocenters. The fourth-order valence-electron chi connectivity index (χ4n) is 2.02. The monoisotopic (exact) mass is 229 g/mol. The first kappa shape index (κ1) is 13.3. The Morgan fingerprint density at radius 3 is 2.94 bits per heavy atom. The van der Waals surface area contributed by atoms with Gasteiger partial charge in [-0.25, -0.2) is 4.79 Å². The number of carbonyl (C=O) groups excluding carboxylic acids is 1. The van der Waals surface area contributed by atoms with Crippen LogP contribution in [0.1, 0.15) is 26.2 Å². The third-order valence-corrected chi connectivity index (χ3v) is 3.12. The molecule has 1 heterocycles. The highest BCUT2D eigenvalue weighted by Gasteiger charge is 2.31. The minimum atomic E-state index is -0.0948. The van der Waals surface area contributed by atoms with Gasteiger partial charge in [-0.3, -0.25) is 0 Å². The lowest BCUT2D eigenvalue weighted by Crippen LogP contribution is -2.59. The van der Waals surface area contributed by atoms with E-state index in [4.69, 9.17) is 4.74 Å². The maximum atomic E-state index is 11.6. The molecule has 0 spiro atoms. The second kappa shape index (κ2) is 6.70. The van der Waals surface area contributed by atoms with E-state index < -0.39 is 0 Å². The van der Waals surface area contributed by atoms with E-state index in [-0.39, 0.29) is 11.6 Å². The van der Waals surface area contributed by atoms with Crippen LogP contribution in [-0.2, 0) is 4.74 Å². The minimum absolute atomic E-state index is 0.0740. The largest absolute Gasteiger partial charge is 0.383 e. The third kappa shape index (κ3) is 3.98. The zero-order valence-corrected chi connectivity index (χ0v) is 10.3. The molecule has 1 aliphatic rings. The van der Waals surface area contributed by atoms with Crippen LogP contribution >= 0.6 is 0 Å². The number of methoxy groups -OCH3 is 1. The van der Waals surface area contributed by atoms with Crippen LogP contribution in [0.4, 0.5) is 4.79 Å². The highest BCUT2D eigenvalue weighted by molar-refractivity contribution is 5.74. The standard InChI is InChI=1S/C11H23N3O2/c1-3-11(5-4-6-12-9-11)14-10(15)13-7-8-16-2/h12H,3-9H2,1-2H3,(H2,13,14,15). The van der Waals surface area contributed by atoms with Crippen LogP contribution in [0.25, 0.3) is 0 Å². The molecule has 0 bridgehead atoms. The van der Waals surface area contributed by atoms with Crippen molar-refractivity contribution in [2.24, 2.45) is 0 Å². The van der Waals surface area contributed by atoms with Crippen molar-refractivity contribution in [3.8, 4) is 0 Å². The average molecular weight is 229 g/mol. The Hall–Kier alpha value is -0.810. The second-order valence-electron chi connectivity index (χ2n) is 4.29. The van der Waals surface area contributed by atoms with Gasteiger partial charge in [0.2, 0.25) is 0 Å². The maximum absolute atomic E-state index is 11.6. The molecular weight excluding hydrogens is 206 g/mol. The molecule has 5 heteroatoms. The molecule has 3 N–H and O–H groups in total. The summed E-state index contributed by atoms with van der Waals surface area (Å²) in [6.45, 7) is 5.12. The summed E-state index contributed by atoms with van der Waals surface area (Å²) < 4.78 is 4.88. The first-order valence-corrected chi connectivity index (χ1v) is 5.98. The highest BCUT2D eigenvalue weighted by Crippen LogP contribution is 2.19. The van der Waals surface area contributed by atoms with E-state index in [9.17, 15) is 4.79 Å². The Morgan fingerprint density at radius 1 is 1.56 bits per heavy atom. The summed E-state index contributed by atoms with van der Waals surface area (Å²) in [7, 11) is 1.62. The number of ether oxygens (including phenoxy) is 1. The highest BCUT2D eigenvalue weighted by atomic mass is 16.5. The van der Waals surface area contributed by atoms with E-state index in [1.54, 1.807) is 7.11 Å². The Bertz CT molecular complexity index is 215. The number of hydrogen-bond donors (Lipinski definition) is 3. The zero-order chi connectivity index (χ0) is 11.9. The summed E-state index contributed by atoms with van der Waals surface area (Å²) in [5, 5.41) is 9.19. The Labute approximate surface area is 97.3 Å². The van der Waals surface area contributed by atoms with Crippen molar-refractivity contribution in [1.82, 2.24) is 16.0 Å². The molecule has 2 amide bonds. The molecule has 0 aromatic rings. The van der Waals surface area contributed by atoms with E-state index >= 15 is 0 Å². The fourth-order valence-corrected chi connectivity index (χ4v) is 2.02. The summed E-state index contributed by atoms with van der Waals surface area (Å²) in [5.74, 6) is 0. The Balaban J connectivity index is 2.33. The van der Waals surface area contributed by atoms with Gasteiger partial charge in [0.05, 0.1) is 12.1 Å². The van der Waals surface area contributed by atoms with Crippen molar-refractivity contribution >= 4 is 6.03 Å². The number of piperidine rings is 1. The predicted octanol–water partition coefficient (Wildman–Crippen LogP) is 0.464. The molecule has 0 radical (unpaired) electrons. The number of rotatable bonds is 5. The molecule has 1 aliphatic heterocycles. The SMILES string of the molecule is CCC1(NC(=O)NCCOC)CCCNC1. The van der Waals surface area contributed by atoms with Crippen molar-refractivity contribution in [2.75, 3.05) is 33.4 Å². The quantitative estimate of drug-likeness (QED) is 0.600. The van der Waals surface area contributed by atoms with Gasteiger partial charge in [0.1, 0.15) is 0 Å². The fraction of sp³-hybridized carbons (Fsp3) is 0.909. The lowest BCUT2D eigenvalue weighted by atomic mass is 9.87. The molecule has 5 nitrogen and oxygen atoms in total. The van der Waals surface area contributed by atoms with Gasteiger partial charge >= 0.3 is 6.03 Å². The molecule has 0 aliphatic carbocycles. The van der Waals surface area contributed by atoms with Gasteiger partial charge in [-0.1, -0.05) is 6.92 Å². The molecule has 1 atom stereocenters. The topological polar surface area (TPSA) is 62.4 Å². The number of urea groups is 1. The van der Waals surface area contributed by atoms with Gasteiger partial charge < -0.3 is 20.7 Å². The molecule has 1 fully saturated rings. The lowest BCUT2D eigenvalue weighted by molar-refractivity contribution is 0.186. The maximum Gasteiger partial charge on any atom is 0.315 e. The van der Waals surface area contributed by atoms with Crippen LogP contribution in [0, 0.1) is 0 Å². The van der Waals surface area contributed by atoms with Crippen LogP contribution < -0.4 is 16.0 Å². The lowest BCUT2D eigenvalue weighted by Gasteiger charge is -2.37. The number of nitrogens with one attached hydrogen (secondary N) is 3. The van der Waals surface area contributed by atoms with Crippen LogP contribution in [0.2, 0.25) is 0 Å². The summed E-state index contributed by atoms with van der Waals surface area (Å²) >= 11 is 0. The Morgan fingerprint density at radius 2 is 2.38 bits per heavy atom. The van der Waals surface area contributed by atoms with Gasteiger partial charge in [0, 0.05) is 20.2 Å². The van der Waals surface area contributed by atoms with Crippen molar-refractivity contribution < 1.29 is 9.53 Å². The molecule has 94 valence electrons. The molecular formula is C11H23N3O2. The molecule has 16 heavy (non-hydrogen) atoms. The number of hydrogen-bond acceptors (Lipinski definition) is 3. The van der Waals surface area contributed by atoms with Crippen molar-refractivity contribution in [1.29, 1.82) is 0 Å². The number of carbonyl (C=O) groups is 1. The van der Waals surface area contributed by atoms with E-state index in [1.807, 2.05) is 0 Å². The van der Waals surface area contributed by atoms with Crippen LogP contribution in [-0.4, -0.2) is 44.9 Å². The molecule has 0 aromatic carbocycles. The minimum Gasteiger partial charge on any atom is -0.383 e. The average Bonchev–Trinajstić information content (AvgIpc) is 2.30. The smallest absolute Gasteiger partial charge is 0.315 e. The van der Waals surface area contributed by atoms with Crippen molar-refractivity contribution in [3.05, 3.63) is 0 Å². The van der Waals surface area contributed by atoms with Crippen LogP contribution in [0.3, 0.4) is 0 Å². The zero-order valence-electron chi connectivity index (χ0n) is 10.3. The van der Waals surface area contributed by atoms with E-state index in [2.05, 4.69) is 22.9 Å². The second-order valence-corrected chi connectivity index (χ2v) is 4.29. The summed E-state index contributed by atoms with van der Waals surface area (Å²) in [5.41, 5.74) is -0.0740. The summed E-state index contributed by atoms with van der Waals surface area (Å²) in [4.78, 5) is 11.6. The summed E-state index contributed by atoms with van der Waals surface area (Å²) in [6.07, 6.45) is 3.12. The predicted molar refractivity (Wildman–Crippen MR) is 63.5 cm³/mol. The third-order valence-electron chi connectivity index (χ3n) is 3.12. The van der Waals surface area contributed by atoms with E-state index in [1.165, 1.54) is 0 Å². The van der Waals surface area contributed by atoms with Crippen LogP contribution in [0.15, 0.2) is 0 Å². The first-order chi connectivity index (χ1) is 7.72. The van der Waals surface area contributed by atoms with Gasteiger partial charge in [0.25, 0.3) is 0 Å². The molecule has 0 saturated carbocycles. The van der Waals surface area contributed by atoms with Gasteiger partial charge in [-0.05, 0) is 25.8 Å². The first-order valence-electron chi connectivity index (χ1n) is 5.98. The van der Waals surface area contributed by atoms with E-state index in [0.717, 1.165) is 32.4 Å². The number of amides is 2. The normalized spacial score (nSPS) is 25.1. The summed E-state index contributed by atoms with van der Waals surface area (Å²) in [6, 6.07) is -0.0948. The Kier molecular flexibility index (Phi) is 5.55.